The van der Waals surface area contributed by atoms with E-state index in [1.165, 1.54) is 0 Å². The molecule has 0 atom stereocenters. The van der Waals surface area contributed by atoms with Gasteiger partial charge in [0.1, 0.15) is 5.69 Å². The molecule has 0 heterocycles. The Morgan fingerprint density at radius 2 is 2.11 bits per heavy atom. The average Bonchev–Trinajstić information content (AvgIpc) is 2.38. The molecular formula is C14H23N3O2. The number of unbranched alkanes of at least 4 members (excludes halogenated alkanes) is 1. The molecular weight excluding hydrogens is 242 g/mol. The Bertz CT molecular complexity index is 421. The van der Waals surface area contributed by atoms with Crippen LogP contribution in [0.3, 0.4) is 0 Å². The van der Waals surface area contributed by atoms with E-state index in [0.29, 0.717) is 12.2 Å². The molecule has 0 saturated heterocycles. The molecule has 0 aliphatic rings. The van der Waals surface area contributed by atoms with Crippen molar-refractivity contribution in [3.8, 4) is 0 Å². The van der Waals surface area contributed by atoms with Crippen LogP contribution in [-0.4, -0.2) is 30.0 Å². The molecule has 19 heavy (non-hydrogen) atoms. The lowest BCUT2D eigenvalue weighted by atomic mass is 10.1. The van der Waals surface area contributed by atoms with Gasteiger partial charge in [-0.15, -0.1) is 0 Å². The molecule has 0 bridgehead atoms. The maximum atomic E-state index is 11.1. The van der Waals surface area contributed by atoms with Crippen molar-refractivity contribution in [3.05, 3.63) is 33.9 Å². The summed E-state index contributed by atoms with van der Waals surface area (Å²) in [5.41, 5.74) is 1.79. The minimum absolute atomic E-state index is 0.156. The van der Waals surface area contributed by atoms with Crippen molar-refractivity contribution < 1.29 is 4.92 Å². The summed E-state index contributed by atoms with van der Waals surface area (Å²) in [6, 6.07) is 5.25. The van der Waals surface area contributed by atoms with Crippen LogP contribution in [0.25, 0.3) is 0 Å². The molecule has 0 aromatic heterocycles. The fourth-order valence-corrected chi connectivity index (χ4v) is 2.05. The maximum absolute atomic E-state index is 11.1. The molecule has 0 saturated carbocycles. The van der Waals surface area contributed by atoms with Gasteiger partial charge in [0.05, 0.1) is 4.92 Å². The van der Waals surface area contributed by atoms with Gasteiger partial charge < -0.3 is 10.2 Å². The maximum Gasteiger partial charge on any atom is 0.292 e. The molecule has 1 N–H and O–H groups in total. The summed E-state index contributed by atoms with van der Waals surface area (Å²) in [5, 5.41) is 14.2. The molecule has 0 radical (unpaired) electrons. The minimum Gasteiger partial charge on any atom is -0.380 e. The largest absolute Gasteiger partial charge is 0.380 e. The molecule has 5 nitrogen and oxygen atoms in total. The highest BCUT2D eigenvalue weighted by Crippen LogP contribution is 2.28. The van der Waals surface area contributed by atoms with Crippen molar-refractivity contribution in [2.75, 3.05) is 25.5 Å². The number of para-hydroxylation sites is 1. The zero-order valence-corrected chi connectivity index (χ0v) is 12.0. The highest BCUT2D eigenvalue weighted by Gasteiger charge is 2.17. The third-order valence-corrected chi connectivity index (χ3v) is 3.01. The fourth-order valence-electron chi connectivity index (χ4n) is 2.05. The highest BCUT2D eigenvalue weighted by atomic mass is 16.6. The van der Waals surface area contributed by atoms with Gasteiger partial charge in [0.15, 0.2) is 0 Å². The number of hydrogen-bond donors (Lipinski definition) is 1. The topological polar surface area (TPSA) is 58.4 Å². The molecule has 0 aliphatic heterocycles. The summed E-state index contributed by atoms with van der Waals surface area (Å²) in [7, 11) is 2.05. The Kier molecular flexibility index (Phi) is 6.29. The summed E-state index contributed by atoms with van der Waals surface area (Å²) in [6.07, 6.45) is 2.29. The lowest BCUT2D eigenvalue weighted by molar-refractivity contribution is -0.384. The van der Waals surface area contributed by atoms with E-state index in [-0.39, 0.29) is 10.6 Å². The number of benzene rings is 1. The van der Waals surface area contributed by atoms with E-state index in [0.717, 1.165) is 31.5 Å². The number of rotatable bonds is 8. The highest BCUT2D eigenvalue weighted by molar-refractivity contribution is 5.66. The summed E-state index contributed by atoms with van der Waals surface area (Å²) >= 11 is 0. The zero-order chi connectivity index (χ0) is 14.3. The molecule has 1 rings (SSSR count). The first-order chi connectivity index (χ1) is 9.10. The number of nitro groups is 1. The molecule has 5 heteroatoms. The number of nitrogens with zero attached hydrogens (tertiary/aromatic N) is 2. The van der Waals surface area contributed by atoms with Gasteiger partial charge in [-0.3, -0.25) is 10.1 Å². The lowest BCUT2D eigenvalue weighted by Crippen LogP contribution is -2.20. The van der Waals surface area contributed by atoms with E-state index in [4.69, 9.17) is 0 Å². The second-order valence-corrected chi connectivity index (χ2v) is 4.69. The molecule has 0 unspecified atom stereocenters. The van der Waals surface area contributed by atoms with E-state index < -0.39 is 0 Å². The lowest BCUT2D eigenvalue weighted by Gasteiger charge is -2.18. The first kappa shape index (κ1) is 15.4. The van der Waals surface area contributed by atoms with E-state index in [1.54, 1.807) is 12.1 Å². The summed E-state index contributed by atoms with van der Waals surface area (Å²) < 4.78 is 0. The second-order valence-electron chi connectivity index (χ2n) is 4.69. The van der Waals surface area contributed by atoms with Crippen molar-refractivity contribution in [3.63, 3.8) is 0 Å². The van der Waals surface area contributed by atoms with Crippen molar-refractivity contribution in [2.45, 2.75) is 33.2 Å². The normalized spacial score (nSPS) is 10.7. The van der Waals surface area contributed by atoms with E-state index >= 15 is 0 Å². The van der Waals surface area contributed by atoms with Gasteiger partial charge in [0.2, 0.25) is 0 Å². The van der Waals surface area contributed by atoms with Gasteiger partial charge in [-0.25, -0.2) is 0 Å². The first-order valence-corrected chi connectivity index (χ1v) is 6.78. The van der Waals surface area contributed by atoms with Gasteiger partial charge in [-0.05, 0) is 32.5 Å². The third kappa shape index (κ3) is 4.52. The molecule has 106 valence electrons. The molecule has 1 aromatic carbocycles. The Morgan fingerprint density at radius 1 is 1.37 bits per heavy atom. The predicted octanol–water partition coefficient (Wildman–Crippen LogP) is 3.26. The van der Waals surface area contributed by atoms with Crippen molar-refractivity contribution in [2.24, 2.45) is 0 Å². The number of anilines is 1. The van der Waals surface area contributed by atoms with Gasteiger partial charge in [-0.1, -0.05) is 25.5 Å². The van der Waals surface area contributed by atoms with Crippen LogP contribution in [0.4, 0.5) is 11.4 Å². The smallest absolute Gasteiger partial charge is 0.292 e. The fraction of sp³-hybridized carbons (Fsp3) is 0.571. The summed E-state index contributed by atoms with van der Waals surface area (Å²) in [5.74, 6) is 0. The SMILES string of the molecule is CCCCN(C)Cc1cccc([N+](=O)[O-])c1NCC. The predicted molar refractivity (Wildman–Crippen MR) is 78.5 cm³/mol. The van der Waals surface area contributed by atoms with Gasteiger partial charge in [0.25, 0.3) is 5.69 Å². The summed E-state index contributed by atoms with van der Waals surface area (Å²) in [6.45, 7) is 6.51. The van der Waals surface area contributed by atoms with E-state index in [1.807, 2.05) is 20.0 Å². The van der Waals surface area contributed by atoms with Crippen molar-refractivity contribution >= 4 is 11.4 Å². The van der Waals surface area contributed by atoms with Crippen LogP contribution < -0.4 is 5.32 Å². The van der Waals surface area contributed by atoms with Crippen LogP contribution in [0.1, 0.15) is 32.3 Å². The van der Waals surface area contributed by atoms with E-state index in [2.05, 4.69) is 17.1 Å². The van der Waals surface area contributed by atoms with Gasteiger partial charge in [-0.2, -0.15) is 0 Å². The standard InChI is InChI=1S/C14H23N3O2/c1-4-6-10-16(3)11-12-8-7-9-13(17(18)19)14(12)15-5-2/h7-9,15H,4-6,10-11H2,1-3H3. The monoisotopic (exact) mass is 265 g/mol. The third-order valence-electron chi connectivity index (χ3n) is 3.01. The minimum atomic E-state index is -0.326. The van der Waals surface area contributed by atoms with Crippen LogP contribution in [-0.2, 0) is 6.54 Å². The van der Waals surface area contributed by atoms with Crippen LogP contribution in [0.5, 0.6) is 0 Å². The van der Waals surface area contributed by atoms with Crippen LogP contribution >= 0.6 is 0 Å². The quantitative estimate of drug-likeness (QED) is 0.579. The molecule has 0 spiro atoms. The second kappa shape index (κ2) is 7.74. The van der Waals surface area contributed by atoms with Gasteiger partial charge in [0, 0.05) is 19.2 Å². The van der Waals surface area contributed by atoms with Crippen LogP contribution in [0, 0.1) is 10.1 Å². The number of hydrogen-bond acceptors (Lipinski definition) is 4. The zero-order valence-electron chi connectivity index (χ0n) is 12.0. The van der Waals surface area contributed by atoms with Gasteiger partial charge >= 0.3 is 0 Å². The number of nitrogens with one attached hydrogen (secondary N) is 1. The molecule has 0 aliphatic carbocycles. The summed E-state index contributed by atoms with van der Waals surface area (Å²) in [4.78, 5) is 12.9. The molecule has 0 fully saturated rings. The Balaban J connectivity index is 2.92. The van der Waals surface area contributed by atoms with Crippen LogP contribution in [0.2, 0.25) is 0 Å². The van der Waals surface area contributed by atoms with E-state index in [9.17, 15) is 10.1 Å². The molecule has 1 aromatic rings. The first-order valence-electron chi connectivity index (χ1n) is 6.78. The molecule has 0 amide bonds. The number of nitro benzene ring substituents is 1. The van der Waals surface area contributed by atoms with Crippen LogP contribution in [0.15, 0.2) is 18.2 Å². The Morgan fingerprint density at radius 3 is 2.68 bits per heavy atom. The Hall–Kier alpha value is -1.62. The van der Waals surface area contributed by atoms with Crippen molar-refractivity contribution in [1.82, 2.24) is 4.90 Å². The van der Waals surface area contributed by atoms with Crippen molar-refractivity contribution in [1.29, 1.82) is 0 Å². The average molecular weight is 265 g/mol. The Labute approximate surface area is 114 Å².